The number of aromatic nitrogens is 3. The molecule has 1 aliphatic heterocycles. The molecule has 0 saturated carbocycles. The van der Waals surface area contributed by atoms with E-state index in [1.165, 1.54) is 0 Å². The molecule has 1 N–H and O–H groups in total. The van der Waals surface area contributed by atoms with E-state index in [9.17, 15) is 0 Å². The van der Waals surface area contributed by atoms with Crippen LogP contribution in [0.5, 0.6) is 0 Å². The molecule has 2 rings (SSSR count). The molecule has 1 aliphatic rings. The minimum atomic E-state index is -0.165. The molecule has 2 heterocycles. The first-order valence-corrected chi connectivity index (χ1v) is 8.70. The minimum absolute atomic E-state index is 0.0243. The molecule has 23 heavy (non-hydrogen) atoms. The van der Waals surface area contributed by atoms with Crippen LogP contribution in [0.4, 0.5) is 5.95 Å². The molecule has 0 atom stereocenters. The maximum absolute atomic E-state index is 6.01. The Morgan fingerprint density at radius 2 is 1.39 bits per heavy atom. The lowest BCUT2D eigenvalue weighted by Crippen LogP contribution is -2.64. The van der Waals surface area contributed by atoms with Crippen molar-refractivity contribution in [3.05, 3.63) is 10.6 Å². The Hall–Kier alpha value is -0.650. The van der Waals surface area contributed by atoms with Gasteiger partial charge in [-0.05, 0) is 84.5 Å². The van der Waals surface area contributed by atoms with Crippen LogP contribution in [-0.2, 0) is 0 Å². The summed E-state index contributed by atoms with van der Waals surface area (Å²) in [6.07, 6.45) is 1.96. The van der Waals surface area contributed by atoms with E-state index in [1.807, 2.05) is 0 Å². The molecule has 130 valence electrons. The van der Waals surface area contributed by atoms with Gasteiger partial charge in [0, 0.05) is 22.7 Å². The molecule has 0 spiro atoms. The monoisotopic (exact) mass is 359 g/mol. The Morgan fingerprint density at radius 1 is 0.957 bits per heavy atom. The maximum Gasteiger partial charge on any atom is 0.231 e. The fraction of sp³-hybridized carbons (Fsp3) is 0.812. The highest BCUT2D eigenvalue weighted by Gasteiger charge is 2.43. The van der Waals surface area contributed by atoms with Crippen LogP contribution in [0.25, 0.3) is 0 Å². The third-order valence-corrected chi connectivity index (χ3v) is 4.38. The third-order valence-electron chi connectivity index (χ3n) is 4.04. The fourth-order valence-electron chi connectivity index (χ4n) is 3.89. The maximum atomic E-state index is 6.01. The van der Waals surface area contributed by atoms with Gasteiger partial charge in [-0.15, -0.1) is 0 Å². The Morgan fingerprint density at radius 3 is 1.78 bits per heavy atom. The second-order valence-corrected chi connectivity index (χ2v) is 9.35. The number of hydrogen-bond donors (Lipinski definition) is 1. The zero-order chi connectivity index (χ0) is 17.6. The predicted molar refractivity (Wildman–Crippen MR) is 96.4 cm³/mol. The summed E-state index contributed by atoms with van der Waals surface area (Å²) >= 11 is 12.0. The quantitative estimate of drug-likeness (QED) is 0.861. The Bertz CT molecular complexity index is 544. The van der Waals surface area contributed by atoms with Crippen LogP contribution >= 0.6 is 23.2 Å². The Kier molecular flexibility index (Phi) is 4.88. The lowest BCUT2D eigenvalue weighted by atomic mass is 9.78. The molecule has 0 amide bonds. The van der Waals surface area contributed by atoms with Crippen LogP contribution in [0, 0.1) is 0 Å². The standard InChI is InChI=1S/C16H27Cl2N5/c1-14(2,3)23(13-20-11(17)19-12(18)21-13)10-8-15(4,5)22-16(6,7)9-10/h10,22H,8-9H2,1-7H3. The first-order valence-electron chi connectivity index (χ1n) is 7.95. The highest BCUT2D eigenvalue weighted by atomic mass is 35.5. The van der Waals surface area contributed by atoms with E-state index >= 15 is 0 Å². The van der Waals surface area contributed by atoms with Crippen molar-refractivity contribution in [1.82, 2.24) is 20.3 Å². The number of rotatable bonds is 2. The van der Waals surface area contributed by atoms with E-state index in [4.69, 9.17) is 23.2 Å². The zero-order valence-electron chi connectivity index (χ0n) is 15.0. The summed E-state index contributed by atoms with van der Waals surface area (Å²) in [6, 6.07) is 0.274. The largest absolute Gasteiger partial charge is 0.333 e. The van der Waals surface area contributed by atoms with E-state index < -0.39 is 0 Å². The van der Waals surface area contributed by atoms with E-state index in [-0.39, 0.29) is 33.2 Å². The molecule has 1 aromatic heterocycles. The van der Waals surface area contributed by atoms with Crippen LogP contribution in [0.1, 0.15) is 61.3 Å². The molecule has 0 aliphatic carbocycles. The van der Waals surface area contributed by atoms with Crippen molar-refractivity contribution in [3.63, 3.8) is 0 Å². The lowest BCUT2D eigenvalue weighted by molar-refractivity contribution is 0.148. The molecule has 1 saturated heterocycles. The first-order chi connectivity index (χ1) is 10.3. The summed E-state index contributed by atoms with van der Waals surface area (Å²) in [4.78, 5) is 14.8. The van der Waals surface area contributed by atoms with Crippen molar-refractivity contribution in [3.8, 4) is 0 Å². The zero-order valence-corrected chi connectivity index (χ0v) is 16.5. The molecule has 0 aromatic carbocycles. The molecule has 1 aromatic rings. The van der Waals surface area contributed by atoms with Gasteiger partial charge in [0.15, 0.2) is 0 Å². The van der Waals surface area contributed by atoms with Crippen molar-refractivity contribution in [1.29, 1.82) is 0 Å². The van der Waals surface area contributed by atoms with Crippen LogP contribution in [-0.4, -0.2) is 37.6 Å². The molecular weight excluding hydrogens is 333 g/mol. The highest BCUT2D eigenvalue weighted by Crippen LogP contribution is 2.36. The van der Waals surface area contributed by atoms with Gasteiger partial charge in [0.2, 0.25) is 16.5 Å². The summed E-state index contributed by atoms with van der Waals surface area (Å²) in [7, 11) is 0. The van der Waals surface area contributed by atoms with Gasteiger partial charge in [0.1, 0.15) is 0 Å². The number of nitrogens with one attached hydrogen (secondary N) is 1. The van der Waals surface area contributed by atoms with Crippen molar-refractivity contribution >= 4 is 29.2 Å². The van der Waals surface area contributed by atoms with Crippen molar-refractivity contribution in [2.45, 2.75) is 84.0 Å². The number of nitrogens with zero attached hydrogens (tertiary/aromatic N) is 4. The second kappa shape index (κ2) is 6.01. The van der Waals surface area contributed by atoms with Gasteiger partial charge >= 0.3 is 0 Å². The van der Waals surface area contributed by atoms with Crippen LogP contribution in [0.2, 0.25) is 10.6 Å². The van der Waals surface area contributed by atoms with Crippen LogP contribution < -0.4 is 10.2 Å². The summed E-state index contributed by atoms with van der Waals surface area (Å²) in [5.74, 6) is 0.543. The Labute approximate surface area is 149 Å². The van der Waals surface area contributed by atoms with E-state index in [0.29, 0.717) is 5.95 Å². The van der Waals surface area contributed by atoms with E-state index in [1.54, 1.807) is 0 Å². The number of halogens is 2. The average molecular weight is 360 g/mol. The van der Waals surface area contributed by atoms with Crippen LogP contribution in [0.15, 0.2) is 0 Å². The highest BCUT2D eigenvalue weighted by molar-refractivity contribution is 6.31. The summed E-state index contributed by atoms with van der Waals surface area (Å²) in [6.45, 7) is 15.4. The number of anilines is 1. The lowest BCUT2D eigenvalue weighted by Gasteiger charge is -2.52. The SMILES string of the molecule is CC1(C)CC(N(c2nc(Cl)nc(Cl)n2)C(C)(C)C)CC(C)(C)N1. The molecule has 0 radical (unpaired) electrons. The van der Waals surface area contributed by atoms with Crippen molar-refractivity contribution in [2.24, 2.45) is 0 Å². The number of piperidine rings is 1. The van der Waals surface area contributed by atoms with Crippen molar-refractivity contribution < 1.29 is 0 Å². The second-order valence-electron chi connectivity index (χ2n) is 8.67. The smallest absolute Gasteiger partial charge is 0.231 e. The van der Waals surface area contributed by atoms with Gasteiger partial charge in [-0.3, -0.25) is 0 Å². The van der Waals surface area contributed by atoms with Gasteiger partial charge in [0.25, 0.3) is 0 Å². The molecule has 0 bridgehead atoms. The van der Waals surface area contributed by atoms with Crippen LogP contribution in [0.3, 0.4) is 0 Å². The van der Waals surface area contributed by atoms with Gasteiger partial charge in [-0.1, -0.05) is 0 Å². The Balaban J connectivity index is 2.47. The summed E-state index contributed by atoms with van der Waals surface area (Å²) in [5.41, 5.74) is -0.116. The topological polar surface area (TPSA) is 53.9 Å². The molecule has 7 heteroatoms. The van der Waals surface area contributed by atoms with Gasteiger partial charge in [0.05, 0.1) is 0 Å². The molecule has 1 fully saturated rings. The third kappa shape index (κ3) is 4.68. The molecule has 5 nitrogen and oxygen atoms in total. The predicted octanol–water partition coefficient (Wildman–Crippen LogP) is 4.09. The average Bonchev–Trinajstić information content (AvgIpc) is 2.19. The van der Waals surface area contributed by atoms with E-state index in [2.05, 4.69) is 73.6 Å². The van der Waals surface area contributed by atoms with Crippen molar-refractivity contribution in [2.75, 3.05) is 4.90 Å². The molecular formula is C16H27Cl2N5. The van der Waals surface area contributed by atoms with E-state index in [0.717, 1.165) is 12.8 Å². The summed E-state index contributed by atoms with van der Waals surface area (Å²) in [5, 5.41) is 3.96. The fourth-order valence-corrected chi connectivity index (χ4v) is 4.24. The van der Waals surface area contributed by atoms with Gasteiger partial charge in [-0.2, -0.15) is 15.0 Å². The number of hydrogen-bond acceptors (Lipinski definition) is 5. The first kappa shape index (κ1) is 18.7. The van der Waals surface area contributed by atoms with Gasteiger partial charge < -0.3 is 10.2 Å². The minimum Gasteiger partial charge on any atom is -0.333 e. The summed E-state index contributed by atoms with van der Waals surface area (Å²) < 4.78 is 0. The normalized spacial score (nSPS) is 21.3. The van der Waals surface area contributed by atoms with Gasteiger partial charge in [-0.25, -0.2) is 0 Å². The molecule has 0 unspecified atom stereocenters.